The van der Waals surface area contributed by atoms with Crippen molar-refractivity contribution in [3.63, 3.8) is 0 Å². The van der Waals surface area contributed by atoms with Gasteiger partial charge in [0.25, 0.3) is 0 Å². The summed E-state index contributed by atoms with van der Waals surface area (Å²) in [5, 5.41) is 0. The number of carbonyl (C=O) groups excluding carboxylic acids is 1. The summed E-state index contributed by atoms with van der Waals surface area (Å²) >= 11 is 0. The van der Waals surface area contributed by atoms with Gasteiger partial charge in [-0.25, -0.2) is 0 Å². The average Bonchev–Trinajstić information content (AvgIpc) is 2.57. The van der Waals surface area contributed by atoms with Gasteiger partial charge in [0.2, 0.25) is 5.91 Å². The predicted molar refractivity (Wildman–Crippen MR) is 105 cm³/mol. The third-order valence-corrected chi connectivity index (χ3v) is 6.64. The summed E-state index contributed by atoms with van der Waals surface area (Å²) in [5.74, 6) is -0.748. The van der Waals surface area contributed by atoms with E-state index in [1.54, 1.807) is 0 Å². The maximum absolute atomic E-state index is 11.7. The van der Waals surface area contributed by atoms with Gasteiger partial charge < -0.3 is 15.2 Å². The fourth-order valence-electron chi connectivity index (χ4n) is 3.13. The number of carbonyl (C=O) groups is 1. The van der Waals surface area contributed by atoms with Crippen molar-refractivity contribution in [3.05, 3.63) is 0 Å². The van der Waals surface area contributed by atoms with Crippen molar-refractivity contribution in [1.29, 1.82) is 0 Å². The molecule has 0 bridgehead atoms. The Morgan fingerprint density at radius 2 is 1.24 bits per heavy atom. The highest BCUT2D eigenvalue weighted by Gasteiger charge is 2.35. The van der Waals surface area contributed by atoms with Gasteiger partial charge in [0.05, 0.1) is 0 Å². The Balaban J connectivity index is 3.46. The van der Waals surface area contributed by atoms with E-state index in [0.717, 1.165) is 26.4 Å². The zero-order valence-corrected chi connectivity index (χ0v) is 17.3. The summed E-state index contributed by atoms with van der Waals surface area (Å²) in [5.41, 5.74) is 4.13. The van der Waals surface area contributed by atoms with Crippen LogP contribution in [-0.4, -0.2) is 23.6 Å². The maximum atomic E-state index is 11.7. The second-order valence-corrected chi connectivity index (χ2v) is 9.17. The monoisotopic (exact) mass is 377 g/mol. The SMILES string of the molecule is CCCCCCCCCCCCCCCCC(C(N)=O)P(=O)(O)OC. The first-order valence-electron chi connectivity index (χ1n) is 10.1. The molecule has 5 nitrogen and oxygen atoms in total. The Hall–Kier alpha value is -0.380. The Morgan fingerprint density at radius 3 is 1.56 bits per heavy atom. The minimum absolute atomic E-state index is 0.328. The average molecular weight is 378 g/mol. The van der Waals surface area contributed by atoms with Gasteiger partial charge >= 0.3 is 7.60 Å². The molecule has 150 valence electrons. The first kappa shape index (κ1) is 24.6. The van der Waals surface area contributed by atoms with Gasteiger partial charge in [0.1, 0.15) is 5.66 Å². The van der Waals surface area contributed by atoms with E-state index in [-0.39, 0.29) is 0 Å². The molecular formula is C19H40NO4P. The number of rotatable bonds is 18. The lowest BCUT2D eigenvalue weighted by Gasteiger charge is -2.17. The van der Waals surface area contributed by atoms with Gasteiger partial charge in [-0.1, -0.05) is 96.8 Å². The van der Waals surface area contributed by atoms with Crippen LogP contribution in [0, 0.1) is 0 Å². The summed E-state index contributed by atoms with van der Waals surface area (Å²) in [6, 6.07) is 0. The van der Waals surface area contributed by atoms with Crippen molar-refractivity contribution >= 4 is 13.5 Å². The topological polar surface area (TPSA) is 89.6 Å². The van der Waals surface area contributed by atoms with E-state index in [2.05, 4.69) is 11.4 Å². The van der Waals surface area contributed by atoms with Crippen LogP contribution < -0.4 is 5.73 Å². The molecule has 0 rings (SSSR count). The molecule has 25 heavy (non-hydrogen) atoms. The minimum Gasteiger partial charge on any atom is -0.369 e. The van der Waals surface area contributed by atoms with Crippen molar-refractivity contribution in [3.8, 4) is 0 Å². The van der Waals surface area contributed by atoms with E-state index in [9.17, 15) is 14.3 Å². The standard InChI is InChI=1S/C19H40NO4P/c1-3-4-5-6-7-8-9-10-11-12-13-14-15-16-17-18(19(20)21)25(22,23)24-2/h18H,3-17H2,1-2H3,(H2,20,21)(H,22,23). The van der Waals surface area contributed by atoms with Crippen LogP contribution in [0.2, 0.25) is 0 Å². The first-order valence-corrected chi connectivity index (χ1v) is 11.8. The molecule has 2 unspecified atom stereocenters. The Morgan fingerprint density at radius 1 is 0.880 bits per heavy atom. The Bertz CT molecular complexity index is 376. The van der Waals surface area contributed by atoms with Crippen LogP contribution in [0.4, 0.5) is 0 Å². The highest BCUT2D eigenvalue weighted by Crippen LogP contribution is 2.48. The second kappa shape index (κ2) is 15.8. The van der Waals surface area contributed by atoms with E-state index < -0.39 is 19.2 Å². The fourth-order valence-corrected chi connectivity index (χ4v) is 4.21. The summed E-state index contributed by atoms with van der Waals surface area (Å²) in [7, 11) is -2.76. The lowest BCUT2D eigenvalue weighted by atomic mass is 10.0. The first-order chi connectivity index (χ1) is 12.0. The van der Waals surface area contributed by atoms with Gasteiger partial charge in [-0.05, 0) is 6.42 Å². The zero-order chi connectivity index (χ0) is 19.0. The van der Waals surface area contributed by atoms with Crippen LogP contribution >= 0.6 is 7.60 Å². The van der Waals surface area contributed by atoms with Crippen LogP contribution in [0.15, 0.2) is 0 Å². The third-order valence-electron chi connectivity index (χ3n) is 4.81. The Kier molecular flexibility index (Phi) is 15.6. The van der Waals surface area contributed by atoms with Gasteiger partial charge in [-0.2, -0.15) is 0 Å². The maximum Gasteiger partial charge on any atom is 0.340 e. The van der Waals surface area contributed by atoms with Crippen LogP contribution in [0.25, 0.3) is 0 Å². The number of amides is 1. The van der Waals surface area contributed by atoms with E-state index in [0.29, 0.717) is 6.42 Å². The fraction of sp³-hybridized carbons (Fsp3) is 0.947. The van der Waals surface area contributed by atoms with Crippen molar-refractivity contribution in [2.24, 2.45) is 5.73 Å². The highest BCUT2D eigenvalue weighted by atomic mass is 31.2. The number of primary amides is 1. The van der Waals surface area contributed by atoms with Crippen LogP contribution in [0.1, 0.15) is 103 Å². The number of hydrogen-bond acceptors (Lipinski definition) is 3. The number of hydrogen-bond donors (Lipinski definition) is 2. The Labute approximate surface area is 154 Å². The molecule has 1 amide bonds. The predicted octanol–water partition coefficient (Wildman–Crippen LogP) is 5.54. The second-order valence-electron chi connectivity index (χ2n) is 7.05. The summed E-state index contributed by atoms with van der Waals surface area (Å²) < 4.78 is 16.3. The zero-order valence-electron chi connectivity index (χ0n) is 16.4. The van der Waals surface area contributed by atoms with E-state index in [4.69, 9.17) is 5.73 Å². The van der Waals surface area contributed by atoms with E-state index in [1.807, 2.05) is 0 Å². The molecule has 0 aliphatic rings. The lowest BCUT2D eigenvalue weighted by molar-refractivity contribution is -0.118. The molecule has 6 heteroatoms. The molecule has 0 aromatic heterocycles. The number of unbranched alkanes of at least 4 members (excludes halogenated alkanes) is 13. The molecule has 3 N–H and O–H groups in total. The largest absolute Gasteiger partial charge is 0.369 e. The molecule has 0 aromatic rings. The third kappa shape index (κ3) is 13.5. The quantitative estimate of drug-likeness (QED) is 0.242. The summed E-state index contributed by atoms with van der Waals surface area (Å²) in [4.78, 5) is 20.9. The van der Waals surface area contributed by atoms with E-state index >= 15 is 0 Å². The summed E-state index contributed by atoms with van der Waals surface area (Å²) in [6.07, 6.45) is 17.8. The normalized spacial score (nSPS) is 15.0. The van der Waals surface area contributed by atoms with E-state index in [1.165, 1.54) is 70.6 Å². The molecule has 0 heterocycles. The van der Waals surface area contributed by atoms with Crippen LogP contribution in [-0.2, 0) is 13.9 Å². The number of nitrogens with two attached hydrogens (primary N) is 1. The van der Waals surface area contributed by atoms with Gasteiger partial charge in [-0.3, -0.25) is 9.36 Å². The highest BCUT2D eigenvalue weighted by molar-refractivity contribution is 7.54. The molecule has 0 aromatic carbocycles. The molecular weight excluding hydrogens is 337 g/mol. The van der Waals surface area contributed by atoms with Crippen molar-refractivity contribution in [1.82, 2.24) is 0 Å². The minimum atomic E-state index is -3.90. The van der Waals surface area contributed by atoms with Crippen LogP contribution in [0.5, 0.6) is 0 Å². The lowest BCUT2D eigenvalue weighted by Crippen LogP contribution is -2.29. The summed E-state index contributed by atoms with van der Waals surface area (Å²) in [6.45, 7) is 2.25. The molecule has 0 radical (unpaired) electrons. The van der Waals surface area contributed by atoms with Gasteiger partial charge in [0, 0.05) is 7.11 Å². The van der Waals surface area contributed by atoms with Crippen molar-refractivity contribution < 1.29 is 18.8 Å². The smallest absolute Gasteiger partial charge is 0.340 e. The molecule has 0 saturated heterocycles. The van der Waals surface area contributed by atoms with Crippen molar-refractivity contribution in [2.45, 2.75) is 109 Å². The molecule has 0 aliphatic heterocycles. The van der Waals surface area contributed by atoms with Crippen LogP contribution in [0.3, 0.4) is 0 Å². The molecule has 0 saturated carbocycles. The van der Waals surface area contributed by atoms with Crippen molar-refractivity contribution in [2.75, 3.05) is 7.11 Å². The van der Waals surface area contributed by atoms with Gasteiger partial charge in [-0.15, -0.1) is 0 Å². The molecule has 0 fully saturated rings. The van der Waals surface area contributed by atoms with Gasteiger partial charge in [0.15, 0.2) is 0 Å². The molecule has 0 spiro atoms. The molecule has 0 aliphatic carbocycles. The molecule has 2 atom stereocenters.